The first-order chi connectivity index (χ1) is 14.9. The molecule has 0 radical (unpaired) electrons. The Morgan fingerprint density at radius 3 is 2.58 bits per heavy atom. The van der Waals surface area contributed by atoms with Crippen molar-refractivity contribution in [1.82, 2.24) is 14.8 Å². The van der Waals surface area contributed by atoms with Crippen molar-refractivity contribution >= 4 is 46.6 Å². The summed E-state index contributed by atoms with van der Waals surface area (Å²) >= 11 is 13.2. The molecule has 0 bridgehead atoms. The second-order valence-corrected chi connectivity index (χ2v) is 8.63. The van der Waals surface area contributed by atoms with Crippen LogP contribution in [0.2, 0.25) is 10.0 Å². The van der Waals surface area contributed by atoms with E-state index in [9.17, 15) is 4.79 Å². The number of carbonyl (C=O) groups is 1. The van der Waals surface area contributed by atoms with Crippen LogP contribution in [0.4, 0.5) is 5.69 Å². The first kappa shape index (κ1) is 23.2. The number of hydrogen-bond donors (Lipinski definition) is 1. The molecular weight excluding hydrogens is 455 g/mol. The summed E-state index contributed by atoms with van der Waals surface area (Å²) in [5.74, 6) is 1.41. The Balaban J connectivity index is 1.63. The van der Waals surface area contributed by atoms with Crippen LogP contribution in [0.3, 0.4) is 0 Å². The third-order valence-corrected chi connectivity index (χ3v) is 5.91. The van der Waals surface area contributed by atoms with E-state index in [1.165, 1.54) is 11.8 Å². The number of anilines is 1. The van der Waals surface area contributed by atoms with Gasteiger partial charge in [0.2, 0.25) is 5.91 Å². The summed E-state index contributed by atoms with van der Waals surface area (Å²) in [7, 11) is 0. The summed E-state index contributed by atoms with van der Waals surface area (Å²) < 4.78 is 7.79. The van der Waals surface area contributed by atoms with Gasteiger partial charge < -0.3 is 10.1 Å². The van der Waals surface area contributed by atoms with Gasteiger partial charge >= 0.3 is 0 Å². The average molecular weight is 477 g/mol. The topological polar surface area (TPSA) is 69.0 Å². The van der Waals surface area contributed by atoms with Gasteiger partial charge in [-0.25, -0.2) is 0 Å². The Kier molecular flexibility index (Phi) is 8.01. The minimum atomic E-state index is -0.190. The quantitative estimate of drug-likeness (QED) is 0.316. The van der Waals surface area contributed by atoms with Crippen molar-refractivity contribution in [1.29, 1.82) is 0 Å². The summed E-state index contributed by atoms with van der Waals surface area (Å²) in [5.41, 5.74) is 2.84. The molecule has 3 aromatic rings. The number of nitrogens with one attached hydrogen (secondary N) is 1. The van der Waals surface area contributed by atoms with E-state index >= 15 is 0 Å². The normalized spacial score (nSPS) is 10.7. The second-order valence-electron chi connectivity index (χ2n) is 6.88. The predicted molar refractivity (Wildman–Crippen MR) is 126 cm³/mol. The number of hydrogen-bond acceptors (Lipinski definition) is 5. The number of thioether (sulfide) groups is 1. The van der Waals surface area contributed by atoms with Crippen LogP contribution >= 0.6 is 35.0 Å². The standard InChI is InChI=1S/C22H22Cl2N4O2S/c1-4-7-28-20(12-30-17-9-14(2)8-15(3)10-17)26-27-22(28)31-13-21(29)25-16-5-6-18(23)19(24)11-16/h4-6,8-11H,1,7,12-13H2,2-3H3,(H,25,29). The summed E-state index contributed by atoms with van der Waals surface area (Å²) in [6, 6.07) is 11.0. The molecule has 0 atom stereocenters. The third kappa shape index (κ3) is 6.50. The number of aryl methyl sites for hydroxylation is 2. The molecule has 0 unspecified atom stereocenters. The van der Waals surface area contributed by atoms with Crippen molar-refractivity contribution in [2.24, 2.45) is 0 Å². The zero-order chi connectivity index (χ0) is 22.4. The lowest BCUT2D eigenvalue weighted by Crippen LogP contribution is -2.15. The molecule has 9 heteroatoms. The van der Waals surface area contributed by atoms with Crippen LogP contribution in [0.1, 0.15) is 17.0 Å². The highest BCUT2D eigenvalue weighted by atomic mass is 35.5. The van der Waals surface area contributed by atoms with Gasteiger partial charge in [-0.05, 0) is 55.3 Å². The van der Waals surface area contributed by atoms with Crippen molar-refractivity contribution in [2.45, 2.75) is 32.2 Å². The Labute approximate surface area is 195 Å². The number of allylic oxidation sites excluding steroid dienone is 1. The largest absolute Gasteiger partial charge is 0.486 e. The molecule has 2 aromatic carbocycles. The molecule has 0 saturated carbocycles. The number of halogens is 2. The highest BCUT2D eigenvalue weighted by molar-refractivity contribution is 7.99. The van der Waals surface area contributed by atoms with Crippen LogP contribution in [0, 0.1) is 13.8 Å². The molecule has 1 heterocycles. The van der Waals surface area contributed by atoms with Crippen molar-refractivity contribution < 1.29 is 9.53 Å². The van der Waals surface area contributed by atoms with Crippen molar-refractivity contribution in [3.63, 3.8) is 0 Å². The van der Waals surface area contributed by atoms with Gasteiger partial charge in [-0.3, -0.25) is 9.36 Å². The second kappa shape index (κ2) is 10.7. The lowest BCUT2D eigenvalue weighted by molar-refractivity contribution is -0.113. The van der Waals surface area contributed by atoms with E-state index in [-0.39, 0.29) is 18.3 Å². The van der Waals surface area contributed by atoms with E-state index in [4.69, 9.17) is 27.9 Å². The highest BCUT2D eigenvalue weighted by Gasteiger charge is 2.14. The Morgan fingerprint density at radius 2 is 1.90 bits per heavy atom. The molecule has 31 heavy (non-hydrogen) atoms. The van der Waals surface area contributed by atoms with E-state index in [1.54, 1.807) is 24.3 Å². The summed E-state index contributed by atoms with van der Waals surface area (Å²) in [5, 5.41) is 12.7. The van der Waals surface area contributed by atoms with Crippen LogP contribution in [0.5, 0.6) is 5.75 Å². The molecule has 162 valence electrons. The molecule has 0 saturated heterocycles. The van der Waals surface area contributed by atoms with Crippen LogP contribution < -0.4 is 10.1 Å². The van der Waals surface area contributed by atoms with Gasteiger partial charge in [0.05, 0.1) is 15.8 Å². The molecular formula is C22H22Cl2N4O2S. The number of amides is 1. The van der Waals surface area contributed by atoms with Gasteiger partial charge in [0, 0.05) is 12.2 Å². The Bertz CT molecular complexity index is 1080. The molecule has 0 fully saturated rings. The zero-order valence-corrected chi connectivity index (χ0v) is 19.5. The van der Waals surface area contributed by atoms with Crippen molar-refractivity contribution in [3.05, 3.63) is 76.0 Å². The lowest BCUT2D eigenvalue weighted by atomic mass is 10.1. The summed E-state index contributed by atoms with van der Waals surface area (Å²) in [6.45, 7) is 8.62. The minimum Gasteiger partial charge on any atom is -0.486 e. The zero-order valence-electron chi connectivity index (χ0n) is 17.2. The number of benzene rings is 2. The van der Waals surface area contributed by atoms with Crippen molar-refractivity contribution in [3.8, 4) is 5.75 Å². The maximum atomic E-state index is 12.3. The maximum absolute atomic E-state index is 12.3. The molecule has 3 rings (SSSR count). The fourth-order valence-corrected chi connectivity index (χ4v) is 3.97. The smallest absolute Gasteiger partial charge is 0.234 e. The van der Waals surface area contributed by atoms with Crippen LogP contribution in [0.15, 0.2) is 54.2 Å². The maximum Gasteiger partial charge on any atom is 0.234 e. The molecule has 6 nitrogen and oxygen atoms in total. The van der Waals surface area contributed by atoms with Gasteiger partial charge in [0.15, 0.2) is 11.0 Å². The van der Waals surface area contributed by atoms with Crippen LogP contribution in [-0.4, -0.2) is 26.4 Å². The number of aromatic nitrogens is 3. The summed E-state index contributed by atoms with van der Waals surface area (Å²) in [6.07, 6.45) is 1.75. The molecule has 1 N–H and O–H groups in total. The highest BCUT2D eigenvalue weighted by Crippen LogP contribution is 2.25. The number of rotatable bonds is 9. The monoisotopic (exact) mass is 476 g/mol. The minimum absolute atomic E-state index is 0.160. The fourth-order valence-electron chi connectivity index (χ4n) is 2.91. The van der Waals surface area contributed by atoms with Gasteiger partial charge in [0.1, 0.15) is 12.4 Å². The van der Waals surface area contributed by atoms with Crippen LogP contribution in [0.25, 0.3) is 0 Å². The van der Waals surface area contributed by atoms with Gasteiger partial charge in [-0.2, -0.15) is 0 Å². The van der Waals surface area contributed by atoms with E-state index in [0.717, 1.165) is 16.9 Å². The first-order valence-corrected chi connectivity index (χ1v) is 11.2. The lowest BCUT2D eigenvalue weighted by Gasteiger charge is -2.10. The predicted octanol–water partition coefficient (Wildman–Crippen LogP) is 5.70. The van der Waals surface area contributed by atoms with Gasteiger partial charge in [-0.1, -0.05) is 47.1 Å². The third-order valence-electron chi connectivity index (χ3n) is 4.20. The number of nitrogens with zero attached hydrogens (tertiary/aromatic N) is 3. The molecule has 1 aromatic heterocycles. The number of carbonyl (C=O) groups excluding carboxylic acids is 1. The van der Waals surface area contributed by atoms with Gasteiger partial charge in [0.25, 0.3) is 0 Å². The van der Waals surface area contributed by atoms with Crippen molar-refractivity contribution in [2.75, 3.05) is 11.1 Å². The fraction of sp³-hybridized carbons (Fsp3) is 0.227. The average Bonchev–Trinajstić information content (AvgIpc) is 3.09. The van der Waals surface area contributed by atoms with Crippen LogP contribution in [-0.2, 0) is 17.9 Å². The molecule has 0 aliphatic carbocycles. The van der Waals surface area contributed by atoms with E-state index in [2.05, 4.69) is 28.2 Å². The Morgan fingerprint density at radius 1 is 1.16 bits per heavy atom. The molecule has 0 aliphatic heterocycles. The summed E-state index contributed by atoms with van der Waals surface area (Å²) in [4.78, 5) is 12.3. The molecule has 0 spiro atoms. The molecule has 0 aliphatic rings. The van der Waals surface area contributed by atoms with E-state index < -0.39 is 0 Å². The Hall–Kier alpha value is -2.48. The first-order valence-electron chi connectivity index (χ1n) is 9.47. The van der Waals surface area contributed by atoms with E-state index in [1.807, 2.05) is 30.5 Å². The van der Waals surface area contributed by atoms with E-state index in [0.29, 0.717) is 33.3 Å². The number of ether oxygens (including phenoxy) is 1. The van der Waals surface area contributed by atoms with Gasteiger partial charge in [-0.15, -0.1) is 16.8 Å². The molecule has 1 amide bonds. The SMILES string of the molecule is C=CCn1c(COc2cc(C)cc(C)c2)nnc1SCC(=O)Nc1ccc(Cl)c(Cl)c1.